The van der Waals surface area contributed by atoms with Crippen molar-refractivity contribution in [1.82, 2.24) is 9.55 Å². The Morgan fingerprint density at radius 3 is 2.61 bits per heavy atom. The first-order valence-corrected chi connectivity index (χ1v) is 11.8. The lowest BCUT2D eigenvalue weighted by atomic mass is 9.67. The Balaban J connectivity index is 1.91. The van der Waals surface area contributed by atoms with Crippen LogP contribution in [0.4, 0.5) is 5.95 Å². The Kier molecular flexibility index (Phi) is 3.66. The van der Waals surface area contributed by atoms with E-state index in [1.54, 1.807) is 7.05 Å². The van der Waals surface area contributed by atoms with Gasteiger partial charge < -0.3 is 10.6 Å². The van der Waals surface area contributed by atoms with Gasteiger partial charge in [0, 0.05) is 34.3 Å². The molecule has 2 unspecified atom stereocenters. The summed E-state index contributed by atoms with van der Waals surface area (Å²) in [7, 11) is 0.521. The molecule has 0 aromatic carbocycles. The molecule has 0 bridgehead atoms. The summed E-state index contributed by atoms with van der Waals surface area (Å²) in [5.74, 6) is -0.0779. The number of anilines is 1. The summed E-state index contributed by atoms with van der Waals surface area (Å²) in [4.78, 5) is 30.0. The van der Waals surface area contributed by atoms with E-state index in [4.69, 9.17) is 5.73 Å². The van der Waals surface area contributed by atoms with Gasteiger partial charge in [-0.2, -0.15) is 0 Å². The minimum Gasteiger partial charge on any atom is -0.364 e. The van der Waals surface area contributed by atoms with Crippen molar-refractivity contribution in [2.75, 3.05) is 18.0 Å². The fourth-order valence-electron chi connectivity index (χ4n) is 4.54. The van der Waals surface area contributed by atoms with Gasteiger partial charge in [-0.1, -0.05) is 26.1 Å². The summed E-state index contributed by atoms with van der Waals surface area (Å²) in [6.45, 7) is 9.17. The van der Waals surface area contributed by atoms with Crippen LogP contribution in [0.5, 0.6) is 0 Å². The molecule has 1 saturated heterocycles. The van der Waals surface area contributed by atoms with Crippen LogP contribution in [-0.4, -0.2) is 36.6 Å². The molecule has 6 nitrogen and oxygen atoms in total. The van der Waals surface area contributed by atoms with Gasteiger partial charge in [0.15, 0.2) is 0 Å². The molecule has 1 aromatic heterocycles. The number of nitrogens with zero attached hydrogens (tertiary/aromatic N) is 3. The van der Waals surface area contributed by atoms with Gasteiger partial charge in [-0.25, -0.2) is 4.98 Å². The second-order valence-electron chi connectivity index (χ2n) is 8.19. The second-order valence-corrected chi connectivity index (χ2v) is 13.6. The van der Waals surface area contributed by atoms with Gasteiger partial charge in [0.2, 0.25) is 5.95 Å². The Morgan fingerprint density at radius 2 is 2.09 bits per heavy atom. The van der Waals surface area contributed by atoms with Gasteiger partial charge in [0.05, 0.1) is 0 Å². The van der Waals surface area contributed by atoms with E-state index in [9.17, 15) is 9.59 Å². The van der Waals surface area contributed by atoms with Gasteiger partial charge in [-0.05, 0) is 23.8 Å². The van der Waals surface area contributed by atoms with Crippen LogP contribution in [0.25, 0.3) is 0 Å². The highest BCUT2D eigenvalue weighted by molar-refractivity contribution is 6.77. The van der Waals surface area contributed by atoms with Crippen molar-refractivity contribution in [1.29, 1.82) is 0 Å². The van der Waals surface area contributed by atoms with E-state index in [0.717, 1.165) is 25.1 Å². The van der Waals surface area contributed by atoms with Gasteiger partial charge in [-0.3, -0.25) is 14.2 Å². The third-order valence-electron chi connectivity index (χ3n) is 5.75. The molecule has 126 valence electrons. The van der Waals surface area contributed by atoms with Crippen LogP contribution in [0, 0.1) is 5.41 Å². The first kappa shape index (κ1) is 16.2. The fourth-order valence-corrected chi connectivity index (χ4v) is 7.77. The maximum absolute atomic E-state index is 12.1. The predicted molar refractivity (Wildman–Crippen MR) is 93.6 cm³/mol. The topological polar surface area (TPSA) is 81.2 Å². The number of nitrogens with two attached hydrogens (primary N) is 1. The van der Waals surface area contributed by atoms with Crippen LogP contribution in [0.15, 0.2) is 10.9 Å². The molecular formula is C16H26N4O2Si. The highest BCUT2D eigenvalue weighted by Crippen LogP contribution is 2.60. The molecule has 2 N–H and O–H groups in total. The van der Waals surface area contributed by atoms with Crippen LogP contribution in [0.3, 0.4) is 0 Å². The predicted octanol–water partition coefficient (Wildman–Crippen LogP) is 1.58. The summed E-state index contributed by atoms with van der Waals surface area (Å²) < 4.78 is 1.52. The fraction of sp³-hybridized carbons (Fsp3) is 0.688. The highest BCUT2D eigenvalue weighted by Gasteiger charge is 2.55. The molecule has 2 fully saturated rings. The van der Waals surface area contributed by atoms with Crippen LogP contribution < -0.4 is 16.2 Å². The molecule has 3 rings (SSSR count). The lowest BCUT2D eigenvalue weighted by Crippen LogP contribution is -2.49. The molecule has 2 aliphatic rings. The summed E-state index contributed by atoms with van der Waals surface area (Å²) in [5, 5.41) is 0. The number of aromatic nitrogens is 2. The van der Waals surface area contributed by atoms with E-state index >= 15 is 0 Å². The summed E-state index contributed by atoms with van der Waals surface area (Å²) in [6, 6.07) is 1.21. The molecule has 1 aliphatic carbocycles. The van der Waals surface area contributed by atoms with Gasteiger partial charge in [-0.15, -0.1) is 0 Å². The van der Waals surface area contributed by atoms with Gasteiger partial charge in [0.1, 0.15) is 5.69 Å². The number of carbonyl (C=O) groups excluding carboxylic acids is 1. The molecule has 2 heterocycles. The molecule has 1 spiro atoms. The third kappa shape index (κ3) is 2.60. The number of hydrogen-bond donors (Lipinski definition) is 1. The minimum atomic E-state index is -1.18. The quantitative estimate of drug-likeness (QED) is 0.851. The van der Waals surface area contributed by atoms with Crippen molar-refractivity contribution >= 4 is 19.9 Å². The molecule has 2 atom stereocenters. The standard InChI is InChI=1S/C16H26N4O2Si/c1-19-13(21)9-11(14(17)22)18-15(19)20-8-7-16(10-20)6-5-12(16)23(2,3)4/h9,12H,5-8,10H2,1-4H3,(H2,17,22). The van der Waals surface area contributed by atoms with Crippen molar-refractivity contribution in [2.24, 2.45) is 18.2 Å². The molecule has 1 aliphatic heterocycles. The van der Waals surface area contributed by atoms with Crippen molar-refractivity contribution in [3.63, 3.8) is 0 Å². The zero-order valence-electron chi connectivity index (χ0n) is 14.4. The van der Waals surface area contributed by atoms with Crippen molar-refractivity contribution in [3.05, 3.63) is 22.1 Å². The molecule has 1 saturated carbocycles. The summed E-state index contributed by atoms with van der Waals surface area (Å²) >= 11 is 0. The Hall–Kier alpha value is -1.63. The summed E-state index contributed by atoms with van der Waals surface area (Å²) in [5.41, 5.74) is 6.34. The molecule has 0 radical (unpaired) electrons. The van der Waals surface area contributed by atoms with Crippen LogP contribution in [0.1, 0.15) is 29.8 Å². The second kappa shape index (κ2) is 5.19. The smallest absolute Gasteiger partial charge is 0.267 e. The summed E-state index contributed by atoms with van der Waals surface area (Å²) in [6.07, 6.45) is 3.75. The van der Waals surface area contributed by atoms with E-state index < -0.39 is 14.0 Å². The van der Waals surface area contributed by atoms with Gasteiger partial charge in [0.25, 0.3) is 11.5 Å². The van der Waals surface area contributed by atoms with Crippen molar-refractivity contribution in [2.45, 2.75) is 44.4 Å². The Bertz CT molecular complexity index is 709. The Labute approximate surface area is 137 Å². The zero-order chi connectivity index (χ0) is 17.0. The van der Waals surface area contributed by atoms with Crippen molar-refractivity contribution in [3.8, 4) is 0 Å². The molecule has 1 aromatic rings. The lowest BCUT2D eigenvalue weighted by Gasteiger charge is -2.53. The number of rotatable bonds is 3. The number of carbonyl (C=O) groups is 1. The first-order valence-electron chi connectivity index (χ1n) is 8.27. The van der Waals surface area contributed by atoms with E-state index in [0.29, 0.717) is 11.4 Å². The van der Waals surface area contributed by atoms with Crippen LogP contribution in [-0.2, 0) is 7.05 Å². The van der Waals surface area contributed by atoms with Gasteiger partial charge >= 0.3 is 0 Å². The van der Waals surface area contributed by atoms with E-state index in [-0.39, 0.29) is 11.3 Å². The third-order valence-corrected chi connectivity index (χ3v) is 8.74. The monoisotopic (exact) mass is 334 g/mol. The Morgan fingerprint density at radius 1 is 1.39 bits per heavy atom. The van der Waals surface area contributed by atoms with Crippen LogP contribution >= 0.6 is 0 Å². The lowest BCUT2D eigenvalue weighted by molar-refractivity contribution is 0.0995. The molecular weight excluding hydrogens is 308 g/mol. The average molecular weight is 334 g/mol. The normalized spacial score (nSPS) is 27.3. The highest BCUT2D eigenvalue weighted by atomic mass is 28.3. The minimum absolute atomic E-state index is 0.0550. The molecule has 7 heteroatoms. The molecule has 1 amide bonds. The SMILES string of the molecule is Cn1c(N2CCC3(CCC3[Si](C)(C)C)C2)nc(C(N)=O)cc1=O. The maximum Gasteiger partial charge on any atom is 0.267 e. The number of primary amides is 1. The molecule has 23 heavy (non-hydrogen) atoms. The zero-order valence-corrected chi connectivity index (χ0v) is 15.4. The van der Waals surface area contributed by atoms with E-state index in [1.807, 2.05) is 0 Å². The van der Waals surface area contributed by atoms with E-state index in [1.165, 1.54) is 23.5 Å². The largest absolute Gasteiger partial charge is 0.364 e. The van der Waals surface area contributed by atoms with Crippen LogP contribution in [0.2, 0.25) is 25.2 Å². The average Bonchev–Trinajstić information content (AvgIpc) is 2.85. The number of hydrogen-bond acceptors (Lipinski definition) is 4. The first-order chi connectivity index (χ1) is 10.6. The maximum atomic E-state index is 12.1. The van der Waals surface area contributed by atoms with E-state index in [2.05, 4.69) is 29.5 Å². The number of amides is 1. The van der Waals surface area contributed by atoms with Crippen molar-refractivity contribution < 1.29 is 4.79 Å².